The van der Waals surface area contributed by atoms with E-state index in [9.17, 15) is 18.0 Å². The van der Waals surface area contributed by atoms with Gasteiger partial charge in [0.25, 0.3) is 5.91 Å². The number of alkyl halides is 3. The van der Waals surface area contributed by atoms with Crippen LogP contribution >= 0.6 is 0 Å². The number of nitrogens with one attached hydrogen (secondary N) is 1. The van der Waals surface area contributed by atoms with Crippen molar-refractivity contribution >= 4 is 5.91 Å². The van der Waals surface area contributed by atoms with Crippen molar-refractivity contribution in [1.29, 1.82) is 0 Å². The average molecular weight is 276 g/mol. The van der Waals surface area contributed by atoms with Gasteiger partial charge in [-0.05, 0) is 6.07 Å². The Labute approximate surface area is 106 Å². The molecule has 1 aromatic heterocycles. The van der Waals surface area contributed by atoms with Crippen molar-refractivity contribution in [2.75, 3.05) is 13.2 Å². The Morgan fingerprint density at radius 3 is 2.74 bits per heavy atom. The predicted octanol–water partition coefficient (Wildman–Crippen LogP) is 1.29. The minimum Gasteiger partial charge on any atom is -0.479 e. The van der Waals surface area contributed by atoms with Crippen molar-refractivity contribution in [3.63, 3.8) is 0 Å². The number of halogens is 3. The second-order valence-corrected chi connectivity index (χ2v) is 3.92. The van der Waals surface area contributed by atoms with Crippen LogP contribution in [0.4, 0.5) is 13.2 Å². The highest BCUT2D eigenvalue weighted by atomic mass is 19.4. The summed E-state index contributed by atoms with van der Waals surface area (Å²) in [5, 5.41) is 2.60. The topological polar surface area (TPSA) is 60.5 Å². The van der Waals surface area contributed by atoms with Crippen LogP contribution in [0, 0.1) is 0 Å². The zero-order valence-corrected chi connectivity index (χ0v) is 9.74. The fourth-order valence-corrected chi connectivity index (χ4v) is 1.53. The lowest BCUT2D eigenvalue weighted by Crippen LogP contribution is -2.27. The van der Waals surface area contributed by atoms with Gasteiger partial charge in [-0.2, -0.15) is 13.2 Å². The van der Waals surface area contributed by atoms with Crippen molar-refractivity contribution in [3.8, 4) is 11.6 Å². The van der Waals surface area contributed by atoms with Gasteiger partial charge in [0, 0.05) is 19.0 Å². The SMILES string of the molecule is O=C1NCCC1Oc1ccc(OCC(F)(F)F)nc1. The average Bonchev–Trinajstić information content (AvgIpc) is 2.73. The van der Waals surface area contributed by atoms with Gasteiger partial charge in [0.1, 0.15) is 5.75 Å². The van der Waals surface area contributed by atoms with Crippen LogP contribution in [0.5, 0.6) is 11.6 Å². The minimum atomic E-state index is -4.40. The van der Waals surface area contributed by atoms with E-state index in [-0.39, 0.29) is 11.8 Å². The molecule has 1 unspecified atom stereocenters. The fraction of sp³-hybridized carbons (Fsp3) is 0.455. The van der Waals surface area contributed by atoms with Crippen molar-refractivity contribution in [2.24, 2.45) is 0 Å². The first kappa shape index (κ1) is 13.4. The van der Waals surface area contributed by atoms with Gasteiger partial charge < -0.3 is 14.8 Å². The molecule has 19 heavy (non-hydrogen) atoms. The van der Waals surface area contributed by atoms with Crippen molar-refractivity contribution in [1.82, 2.24) is 10.3 Å². The molecule has 1 saturated heterocycles. The molecular weight excluding hydrogens is 265 g/mol. The molecule has 0 aromatic carbocycles. The monoisotopic (exact) mass is 276 g/mol. The molecule has 8 heteroatoms. The number of amides is 1. The molecule has 1 N–H and O–H groups in total. The first-order valence-electron chi connectivity index (χ1n) is 5.54. The molecule has 0 saturated carbocycles. The van der Waals surface area contributed by atoms with Crippen LogP contribution in [-0.2, 0) is 4.79 Å². The maximum absolute atomic E-state index is 11.9. The van der Waals surface area contributed by atoms with Gasteiger partial charge in [0.05, 0.1) is 6.20 Å². The lowest BCUT2D eigenvalue weighted by Gasteiger charge is -2.11. The first-order valence-corrected chi connectivity index (χ1v) is 5.54. The molecular formula is C11H11F3N2O3. The van der Waals surface area contributed by atoms with Crippen LogP contribution in [0.3, 0.4) is 0 Å². The molecule has 0 bridgehead atoms. The molecule has 2 rings (SSSR count). The molecule has 2 heterocycles. The number of ether oxygens (including phenoxy) is 2. The zero-order chi connectivity index (χ0) is 13.9. The van der Waals surface area contributed by atoms with E-state index in [0.717, 1.165) is 0 Å². The van der Waals surface area contributed by atoms with E-state index in [1.807, 2.05) is 0 Å². The van der Waals surface area contributed by atoms with E-state index in [2.05, 4.69) is 15.0 Å². The second kappa shape index (κ2) is 5.33. The Morgan fingerprint density at radius 1 is 1.42 bits per heavy atom. The Kier molecular flexibility index (Phi) is 3.77. The number of pyridine rings is 1. The van der Waals surface area contributed by atoms with Crippen molar-refractivity contribution in [3.05, 3.63) is 18.3 Å². The molecule has 0 spiro atoms. The summed E-state index contributed by atoms with van der Waals surface area (Å²) >= 11 is 0. The molecule has 1 amide bonds. The van der Waals surface area contributed by atoms with Gasteiger partial charge in [-0.15, -0.1) is 0 Å². The van der Waals surface area contributed by atoms with Gasteiger partial charge in [-0.25, -0.2) is 4.98 Å². The molecule has 1 aliphatic rings. The normalized spacial score (nSPS) is 19.1. The van der Waals surface area contributed by atoms with Gasteiger partial charge in [-0.1, -0.05) is 0 Å². The Bertz CT molecular complexity index is 447. The Morgan fingerprint density at radius 2 is 2.21 bits per heavy atom. The number of hydrogen-bond acceptors (Lipinski definition) is 4. The Hall–Kier alpha value is -1.99. The predicted molar refractivity (Wildman–Crippen MR) is 57.8 cm³/mol. The van der Waals surface area contributed by atoms with E-state index in [4.69, 9.17) is 4.74 Å². The summed E-state index contributed by atoms with van der Waals surface area (Å²) in [5.41, 5.74) is 0. The number of hydrogen-bond donors (Lipinski definition) is 1. The summed E-state index contributed by atoms with van der Waals surface area (Å²) in [6.07, 6.45) is -3.22. The van der Waals surface area contributed by atoms with Gasteiger partial charge >= 0.3 is 6.18 Å². The number of carbonyl (C=O) groups excluding carboxylic acids is 1. The Balaban J connectivity index is 1.89. The third kappa shape index (κ3) is 4.01. The smallest absolute Gasteiger partial charge is 0.422 e. The molecule has 1 aliphatic heterocycles. The maximum atomic E-state index is 11.9. The van der Waals surface area contributed by atoms with Crippen LogP contribution in [0.15, 0.2) is 18.3 Å². The highest BCUT2D eigenvalue weighted by Gasteiger charge is 2.29. The van der Waals surface area contributed by atoms with Crippen molar-refractivity contribution < 1.29 is 27.4 Å². The van der Waals surface area contributed by atoms with Gasteiger partial charge in [-0.3, -0.25) is 4.79 Å². The lowest BCUT2D eigenvalue weighted by atomic mass is 10.3. The molecule has 0 radical (unpaired) electrons. The van der Waals surface area contributed by atoms with Crippen LogP contribution in [-0.4, -0.2) is 36.3 Å². The standard InChI is InChI=1S/C11H11F3N2O3/c12-11(13,14)6-18-9-2-1-7(5-16-9)19-8-3-4-15-10(8)17/h1-2,5,8H,3-4,6H2,(H,15,17). The second-order valence-electron chi connectivity index (χ2n) is 3.92. The first-order chi connectivity index (χ1) is 8.94. The summed E-state index contributed by atoms with van der Waals surface area (Å²) in [7, 11) is 0. The largest absolute Gasteiger partial charge is 0.479 e. The number of nitrogens with zero attached hydrogens (tertiary/aromatic N) is 1. The molecule has 1 aromatic rings. The van der Waals surface area contributed by atoms with Gasteiger partial charge in [0.15, 0.2) is 12.7 Å². The lowest BCUT2D eigenvalue weighted by molar-refractivity contribution is -0.154. The van der Waals surface area contributed by atoms with Gasteiger partial charge in [0.2, 0.25) is 5.88 Å². The molecule has 104 valence electrons. The molecule has 1 atom stereocenters. The number of aromatic nitrogens is 1. The number of carbonyl (C=O) groups is 1. The summed E-state index contributed by atoms with van der Waals surface area (Å²) in [4.78, 5) is 14.9. The van der Waals surface area contributed by atoms with E-state index < -0.39 is 18.9 Å². The molecule has 5 nitrogen and oxygen atoms in total. The van der Waals surface area contributed by atoms with Crippen LogP contribution in [0.2, 0.25) is 0 Å². The van der Waals surface area contributed by atoms with E-state index in [0.29, 0.717) is 18.7 Å². The third-order valence-electron chi connectivity index (χ3n) is 2.37. The summed E-state index contributed by atoms with van der Waals surface area (Å²) < 4.78 is 45.5. The van der Waals surface area contributed by atoms with Crippen LogP contribution in [0.25, 0.3) is 0 Å². The quantitative estimate of drug-likeness (QED) is 0.900. The number of rotatable bonds is 4. The third-order valence-corrected chi connectivity index (χ3v) is 2.37. The van der Waals surface area contributed by atoms with Crippen LogP contribution < -0.4 is 14.8 Å². The highest BCUT2D eigenvalue weighted by Crippen LogP contribution is 2.20. The summed E-state index contributed by atoms with van der Waals surface area (Å²) in [5.74, 6) is -0.0562. The maximum Gasteiger partial charge on any atom is 0.422 e. The van der Waals surface area contributed by atoms with Crippen LogP contribution in [0.1, 0.15) is 6.42 Å². The van der Waals surface area contributed by atoms with E-state index in [1.54, 1.807) is 0 Å². The summed E-state index contributed by atoms with van der Waals surface area (Å²) in [6, 6.07) is 2.66. The fourth-order valence-electron chi connectivity index (χ4n) is 1.53. The van der Waals surface area contributed by atoms with E-state index >= 15 is 0 Å². The molecule has 0 aliphatic carbocycles. The van der Waals surface area contributed by atoms with Crippen molar-refractivity contribution in [2.45, 2.75) is 18.7 Å². The highest BCUT2D eigenvalue weighted by molar-refractivity contribution is 5.83. The molecule has 1 fully saturated rings. The zero-order valence-electron chi connectivity index (χ0n) is 9.74. The van der Waals surface area contributed by atoms with E-state index in [1.165, 1.54) is 18.3 Å². The minimum absolute atomic E-state index is 0.152. The summed E-state index contributed by atoms with van der Waals surface area (Å²) in [6.45, 7) is -0.852.